The molecule has 0 atom stereocenters. The average molecular weight is 284 g/mol. The Morgan fingerprint density at radius 1 is 1.29 bits per heavy atom. The molecule has 2 rings (SSSR count). The second-order valence-electron chi connectivity index (χ2n) is 4.48. The molecule has 2 aromatic heterocycles. The largest absolute Gasteiger partial charge is 0.317 e. The summed E-state index contributed by atoms with van der Waals surface area (Å²) in [6.45, 7) is 2.35. The Balaban J connectivity index is 2.28. The van der Waals surface area contributed by atoms with E-state index in [4.69, 9.17) is 5.21 Å². The van der Waals surface area contributed by atoms with Crippen molar-refractivity contribution >= 4 is 5.57 Å². The van der Waals surface area contributed by atoms with Gasteiger partial charge in [0.25, 0.3) is 5.69 Å². The van der Waals surface area contributed by atoms with Crippen molar-refractivity contribution in [2.75, 3.05) is 6.54 Å². The highest BCUT2D eigenvalue weighted by atomic mass is 16.5. The smallest absolute Gasteiger partial charge is 0.282 e. The zero-order chi connectivity index (χ0) is 15.1. The van der Waals surface area contributed by atoms with Crippen LogP contribution < -0.4 is 10.2 Å². The molecule has 0 radical (unpaired) electrons. The van der Waals surface area contributed by atoms with Crippen LogP contribution in [0, 0.1) is 0 Å². The molecule has 0 saturated heterocycles. The summed E-state index contributed by atoms with van der Waals surface area (Å²) in [7, 11) is 0. The molecule has 0 amide bonds. The minimum absolute atomic E-state index is 0.395. The summed E-state index contributed by atoms with van der Waals surface area (Å²) in [6, 6.07) is 11.1. The predicted octanol–water partition coefficient (Wildman–Crippen LogP) is 2.21. The number of allylic oxidation sites excluding steroid dienone is 3. The van der Waals surface area contributed by atoms with Gasteiger partial charge in [-0.2, -0.15) is 0 Å². The summed E-state index contributed by atoms with van der Waals surface area (Å²) in [5.74, 6) is 0. The maximum absolute atomic E-state index is 9.81. The average Bonchev–Trinajstić information content (AvgIpc) is 2.52. The molecular weight excluding hydrogens is 266 g/mol. The molecule has 5 nitrogen and oxygen atoms in total. The second-order valence-corrected chi connectivity index (χ2v) is 4.48. The molecule has 0 aliphatic rings. The molecule has 2 heterocycles. The highest BCUT2D eigenvalue weighted by Crippen LogP contribution is 2.17. The van der Waals surface area contributed by atoms with Gasteiger partial charge in [0.1, 0.15) is 5.69 Å². The molecular formula is C16H18N3O2+. The quantitative estimate of drug-likeness (QED) is 0.341. The van der Waals surface area contributed by atoms with Crippen LogP contribution in [0.3, 0.4) is 0 Å². The number of nitrogens with one attached hydrogen (secondary N) is 1. The van der Waals surface area contributed by atoms with Gasteiger partial charge in [0.05, 0.1) is 5.69 Å². The summed E-state index contributed by atoms with van der Waals surface area (Å²) in [5, 5.41) is 18.3. The lowest BCUT2D eigenvalue weighted by Crippen LogP contribution is -2.32. The Labute approximate surface area is 123 Å². The number of nitrogens with zero attached hydrogens (tertiary/aromatic N) is 2. The minimum Gasteiger partial charge on any atom is -0.317 e. The van der Waals surface area contributed by atoms with E-state index in [1.165, 1.54) is 0 Å². The molecule has 0 aliphatic heterocycles. The van der Waals surface area contributed by atoms with E-state index in [-0.39, 0.29) is 0 Å². The lowest BCUT2D eigenvalue weighted by atomic mass is 10.1. The first-order valence-corrected chi connectivity index (χ1v) is 6.60. The number of pyridine rings is 2. The summed E-state index contributed by atoms with van der Waals surface area (Å²) in [4.78, 5) is 4.55. The van der Waals surface area contributed by atoms with Crippen LogP contribution in [-0.2, 0) is 0 Å². The standard InChI is InChI=1S/C16H18N3O2/c1-13(7-2-4-11-17-20)14-8-6-9-15(18-14)16-10-3-5-12-19(16)21/h2-10,12,17,20-21H,11H2,1H3/q+1. The van der Waals surface area contributed by atoms with Crippen molar-refractivity contribution in [3.8, 4) is 11.4 Å². The molecule has 5 heteroatoms. The Bertz CT molecular complexity index is 666. The van der Waals surface area contributed by atoms with Gasteiger partial charge in [-0.1, -0.05) is 24.3 Å². The van der Waals surface area contributed by atoms with Gasteiger partial charge in [-0.15, -0.1) is 0 Å². The molecule has 0 bridgehead atoms. The minimum atomic E-state index is 0.395. The van der Waals surface area contributed by atoms with E-state index in [2.05, 4.69) is 10.5 Å². The van der Waals surface area contributed by atoms with Crippen LogP contribution in [0.1, 0.15) is 12.6 Å². The predicted molar refractivity (Wildman–Crippen MR) is 79.6 cm³/mol. The summed E-state index contributed by atoms with van der Waals surface area (Å²) in [6.07, 6.45) is 7.13. The summed E-state index contributed by atoms with van der Waals surface area (Å²) >= 11 is 0. The van der Waals surface area contributed by atoms with Crippen molar-refractivity contribution in [3.63, 3.8) is 0 Å². The fraction of sp³-hybridized carbons (Fsp3) is 0.125. The van der Waals surface area contributed by atoms with Crippen LogP contribution in [0.2, 0.25) is 0 Å². The summed E-state index contributed by atoms with van der Waals surface area (Å²) in [5.41, 5.74) is 5.21. The van der Waals surface area contributed by atoms with Crippen molar-refractivity contribution in [1.29, 1.82) is 0 Å². The molecule has 0 aliphatic carbocycles. The Morgan fingerprint density at radius 3 is 2.90 bits per heavy atom. The van der Waals surface area contributed by atoms with Crippen molar-refractivity contribution in [2.24, 2.45) is 0 Å². The van der Waals surface area contributed by atoms with Crippen LogP contribution in [0.25, 0.3) is 17.0 Å². The van der Waals surface area contributed by atoms with Crippen LogP contribution >= 0.6 is 0 Å². The van der Waals surface area contributed by atoms with Crippen LogP contribution in [0.4, 0.5) is 0 Å². The van der Waals surface area contributed by atoms with Gasteiger partial charge in [-0.05, 0) is 30.7 Å². The molecule has 21 heavy (non-hydrogen) atoms. The van der Waals surface area contributed by atoms with E-state index < -0.39 is 0 Å². The maximum Gasteiger partial charge on any atom is 0.282 e. The molecule has 0 unspecified atom stereocenters. The molecule has 0 saturated carbocycles. The van der Waals surface area contributed by atoms with Crippen molar-refractivity contribution in [2.45, 2.75) is 6.92 Å². The Kier molecular flexibility index (Phi) is 5.20. The number of hydroxylamine groups is 1. The van der Waals surface area contributed by atoms with Gasteiger partial charge >= 0.3 is 0 Å². The monoisotopic (exact) mass is 284 g/mol. The normalized spacial score (nSPS) is 12.0. The molecule has 0 spiro atoms. The van der Waals surface area contributed by atoms with E-state index >= 15 is 0 Å². The van der Waals surface area contributed by atoms with Crippen LogP contribution in [0.15, 0.2) is 60.8 Å². The third kappa shape index (κ3) is 3.98. The van der Waals surface area contributed by atoms with Crippen molar-refractivity contribution in [1.82, 2.24) is 10.5 Å². The van der Waals surface area contributed by atoms with E-state index in [0.29, 0.717) is 17.9 Å². The number of hydrogen-bond acceptors (Lipinski definition) is 4. The zero-order valence-electron chi connectivity index (χ0n) is 11.8. The maximum atomic E-state index is 9.81. The highest BCUT2D eigenvalue weighted by molar-refractivity contribution is 5.64. The summed E-state index contributed by atoms with van der Waals surface area (Å²) < 4.78 is 1.05. The van der Waals surface area contributed by atoms with E-state index in [0.717, 1.165) is 16.0 Å². The fourth-order valence-corrected chi connectivity index (χ4v) is 1.85. The first-order valence-electron chi connectivity index (χ1n) is 6.60. The van der Waals surface area contributed by atoms with Gasteiger partial charge in [-0.3, -0.25) is 5.21 Å². The van der Waals surface area contributed by atoms with E-state index in [1.54, 1.807) is 24.4 Å². The van der Waals surface area contributed by atoms with E-state index in [1.807, 2.05) is 43.3 Å². The molecule has 108 valence electrons. The number of hydrogen-bond donors (Lipinski definition) is 3. The zero-order valence-corrected chi connectivity index (χ0v) is 11.8. The Morgan fingerprint density at radius 2 is 2.14 bits per heavy atom. The van der Waals surface area contributed by atoms with Gasteiger partial charge in [0, 0.05) is 23.4 Å². The van der Waals surface area contributed by atoms with Gasteiger partial charge in [-0.25, -0.2) is 10.5 Å². The third-order valence-electron chi connectivity index (χ3n) is 2.95. The first kappa shape index (κ1) is 14.9. The fourth-order valence-electron chi connectivity index (χ4n) is 1.85. The van der Waals surface area contributed by atoms with Gasteiger partial charge in [0.15, 0.2) is 0 Å². The molecule has 3 N–H and O–H groups in total. The van der Waals surface area contributed by atoms with Gasteiger partial charge in [0.2, 0.25) is 6.20 Å². The SMILES string of the molecule is CC(=CC=CCNO)c1cccc(-c2cccc[n+]2O)n1. The first-order chi connectivity index (χ1) is 10.2. The number of rotatable bonds is 5. The lowest BCUT2D eigenvalue weighted by Gasteiger charge is -2.02. The molecule has 2 aromatic rings. The van der Waals surface area contributed by atoms with Gasteiger partial charge < -0.3 is 5.21 Å². The third-order valence-corrected chi connectivity index (χ3v) is 2.95. The van der Waals surface area contributed by atoms with E-state index in [9.17, 15) is 5.21 Å². The molecule has 0 fully saturated rings. The number of aromatic nitrogens is 2. The topological polar surface area (TPSA) is 69.3 Å². The van der Waals surface area contributed by atoms with Crippen LogP contribution in [0.5, 0.6) is 0 Å². The second kappa shape index (κ2) is 7.33. The highest BCUT2D eigenvalue weighted by Gasteiger charge is 2.13. The van der Waals surface area contributed by atoms with Crippen molar-refractivity contribution < 1.29 is 15.1 Å². The lowest BCUT2D eigenvalue weighted by molar-refractivity contribution is -0.896. The Hall–Kier alpha value is -2.50. The van der Waals surface area contributed by atoms with Crippen LogP contribution in [-0.4, -0.2) is 21.9 Å². The van der Waals surface area contributed by atoms with Crippen molar-refractivity contribution in [3.05, 3.63) is 66.5 Å². The molecule has 0 aromatic carbocycles.